The van der Waals surface area contributed by atoms with Crippen LogP contribution in [0.2, 0.25) is 0 Å². The van der Waals surface area contributed by atoms with E-state index in [0.717, 1.165) is 0 Å². The number of hydrogen-bond acceptors (Lipinski definition) is 3. The molecule has 4 heteroatoms. The first-order valence-corrected chi connectivity index (χ1v) is 4.22. The maximum atomic E-state index is 11.2. The van der Waals surface area contributed by atoms with Gasteiger partial charge in [-0.2, -0.15) is 0 Å². The molecule has 0 spiro atoms. The van der Waals surface area contributed by atoms with Gasteiger partial charge in [-0.1, -0.05) is 0 Å². The number of hydrogen-bond donors (Lipinski definition) is 2. The Kier molecular flexibility index (Phi) is 5.59. The van der Waals surface area contributed by atoms with E-state index in [2.05, 4.69) is 10.3 Å². The number of amides is 1. The summed E-state index contributed by atoms with van der Waals surface area (Å²) in [6.07, 6.45) is 3.42. The Hall–Kier alpha value is -1.32. The van der Waals surface area contributed by atoms with Crippen molar-refractivity contribution in [3.63, 3.8) is 0 Å². The highest BCUT2D eigenvalue weighted by molar-refractivity contribution is 5.80. The predicted octanol–water partition coefficient (Wildman–Crippen LogP) is 0.444. The summed E-state index contributed by atoms with van der Waals surface area (Å²) in [5, 5.41) is 2.75. The van der Waals surface area contributed by atoms with Gasteiger partial charge in [0, 0.05) is 25.0 Å². The van der Waals surface area contributed by atoms with Gasteiger partial charge in [-0.3, -0.25) is 9.79 Å². The molecule has 0 radical (unpaired) electrons. The van der Waals surface area contributed by atoms with Gasteiger partial charge in [0.15, 0.2) is 0 Å². The number of carbonyl (C=O) groups excluding carboxylic acids is 1. The molecule has 1 amide bonds. The average molecular weight is 183 g/mol. The Labute approximate surface area is 78.9 Å². The van der Waals surface area contributed by atoms with Gasteiger partial charge in [-0.15, -0.1) is 0 Å². The zero-order valence-corrected chi connectivity index (χ0v) is 8.37. The quantitative estimate of drug-likeness (QED) is 0.621. The van der Waals surface area contributed by atoms with E-state index in [1.807, 2.05) is 13.8 Å². The zero-order valence-electron chi connectivity index (χ0n) is 8.37. The third-order valence-electron chi connectivity index (χ3n) is 1.25. The van der Waals surface area contributed by atoms with Crippen LogP contribution in [0.25, 0.3) is 0 Å². The molecule has 0 aliphatic heterocycles. The number of nitrogens with zero attached hydrogens (tertiary/aromatic N) is 1. The highest BCUT2D eigenvalue weighted by Gasteiger charge is 2.03. The maximum Gasteiger partial charge on any atom is 0.226 e. The molecule has 0 atom stereocenters. The van der Waals surface area contributed by atoms with Crippen LogP contribution < -0.4 is 11.1 Å². The molecule has 0 bridgehead atoms. The molecule has 13 heavy (non-hydrogen) atoms. The molecule has 0 aliphatic carbocycles. The first-order valence-electron chi connectivity index (χ1n) is 4.22. The van der Waals surface area contributed by atoms with Crippen LogP contribution in [0.1, 0.15) is 20.3 Å². The van der Waals surface area contributed by atoms with E-state index in [1.165, 1.54) is 0 Å². The molecule has 0 saturated heterocycles. The molecule has 0 saturated carbocycles. The molecule has 0 heterocycles. The second kappa shape index (κ2) is 6.22. The Morgan fingerprint density at radius 2 is 2.23 bits per heavy atom. The summed E-state index contributed by atoms with van der Waals surface area (Å²) in [5.41, 5.74) is 6.06. The van der Waals surface area contributed by atoms with Gasteiger partial charge in [0.25, 0.3) is 0 Å². The van der Waals surface area contributed by atoms with Gasteiger partial charge in [0.1, 0.15) is 0 Å². The van der Waals surface area contributed by atoms with E-state index in [9.17, 15) is 4.79 Å². The van der Waals surface area contributed by atoms with Crippen molar-refractivity contribution >= 4 is 12.1 Å². The maximum absolute atomic E-state index is 11.2. The average Bonchev–Trinajstić information content (AvgIpc) is 1.98. The highest BCUT2D eigenvalue weighted by Crippen LogP contribution is 1.92. The lowest BCUT2D eigenvalue weighted by molar-refractivity contribution is -0.120. The predicted molar refractivity (Wildman–Crippen MR) is 54.6 cm³/mol. The van der Waals surface area contributed by atoms with Crippen LogP contribution in [0.15, 0.2) is 16.8 Å². The Morgan fingerprint density at radius 3 is 2.69 bits per heavy atom. The fourth-order valence-electron chi connectivity index (χ4n) is 0.788. The summed E-state index contributed by atoms with van der Waals surface area (Å²) in [7, 11) is 1.65. The number of nitrogens with two attached hydrogens (primary N) is 1. The van der Waals surface area contributed by atoms with Gasteiger partial charge < -0.3 is 11.1 Å². The number of rotatable bonds is 4. The third kappa shape index (κ3) is 7.05. The lowest BCUT2D eigenvalue weighted by Gasteiger charge is -2.07. The van der Waals surface area contributed by atoms with Crippen molar-refractivity contribution in [1.82, 2.24) is 5.32 Å². The minimum absolute atomic E-state index is 0.0618. The number of carbonyl (C=O) groups is 1. The first kappa shape index (κ1) is 11.7. The van der Waals surface area contributed by atoms with Crippen LogP contribution in [0.3, 0.4) is 0 Å². The topological polar surface area (TPSA) is 67.5 Å². The summed E-state index contributed by atoms with van der Waals surface area (Å²) in [6.45, 7) is 3.82. The van der Waals surface area contributed by atoms with E-state index in [-0.39, 0.29) is 18.4 Å². The van der Waals surface area contributed by atoms with E-state index in [1.54, 1.807) is 19.3 Å². The van der Waals surface area contributed by atoms with Gasteiger partial charge in [0.2, 0.25) is 5.91 Å². The van der Waals surface area contributed by atoms with Crippen LogP contribution in [-0.2, 0) is 4.79 Å². The van der Waals surface area contributed by atoms with Gasteiger partial charge in [-0.25, -0.2) is 0 Å². The third-order valence-corrected chi connectivity index (χ3v) is 1.25. The molecule has 0 aromatic rings. The summed E-state index contributed by atoms with van der Waals surface area (Å²) in [6, 6.07) is 0.153. The van der Waals surface area contributed by atoms with Crippen molar-refractivity contribution in [2.45, 2.75) is 26.3 Å². The summed E-state index contributed by atoms with van der Waals surface area (Å²) >= 11 is 0. The van der Waals surface area contributed by atoms with Crippen molar-refractivity contribution < 1.29 is 4.79 Å². The molecule has 3 N–H and O–H groups in total. The van der Waals surface area contributed by atoms with E-state index < -0.39 is 0 Å². The highest BCUT2D eigenvalue weighted by atomic mass is 16.1. The number of nitrogens with one attached hydrogen (secondary N) is 1. The Morgan fingerprint density at radius 1 is 1.62 bits per heavy atom. The smallest absolute Gasteiger partial charge is 0.226 e. The summed E-state index contributed by atoms with van der Waals surface area (Å²) < 4.78 is 0. The van der Waals surface area contributed by atoms with Gasteiger partial charge >= 0.3 is 0 Å². The second-order valence-electron chi connectivity index (χ2n) is 3.05. The Balaban J connectivity index is 3.91. The van der Waals surface area contributed by atoms with E-state index in [4.69, 9.17) is 5.73 Å². The van der Waals surface area contributed by atoms with Crippen LogP contribution in [-0.4, -0.2) is 25.2 Å². The van der Waals surface area contributed by atoms with Crippen molar-refractivity contribution in [3.8, 4) is 0 Å². The normalized spacial score (nSPS) is 12.5. The minimum atomic E-state index is -0.0618. The van der Waals surface area contributed by atoms with Gasteiger partial charge in [0.05, 0.1) is 6.42 Å². The van der Waals surface area contributed by atoms with E-state index >= 15 is 0 Å². The van der Waals surface area contributed by atoms with Crippen molar-refractivity contribution in [1.29, 1.82) is 0 Å². The molecule has 0 rings (SSSR count). The molecule has 0 aromatic heterocycles. The summed E-state index contributed by atoms with van der Waals surface area (Å²) in [4.78, 5) is 14.9. The molecule has 0 aromatic carbocycles. The van der Waals surface area contributed by atoms with Crippen LogP contribution in [0, 0.1) is 0 Å². The van der Waals surface area contributed by atoms with Gasteiger partial charge in [-0.05, 0) is 19.9 Å². The molecular formula is C9H17N3O. The zero-order chi connectivity index (χ0) is 10.3. The number of allylic oxidation sites excluding steroid dienone is 1. The van der Waals surface area contributed by atoms with E-state index in [0.29, 0.717) is 5.70 Å². The molecule has 74 valence electrons. The number of aliphatic imine (C=N–C) groups is 1. The summed E-state index contributed by atoms with van der Waals surface area (Å²) in [5.74, 6) is -0.0618. The largest absolute Gasteiger partial charge is 0.402 e. The molecule has 0 unspecified atom stereocenters. The molecule has 0 aliphatic rings. The van der Waals surface area contributed by atoms with Crippen molar-refractivity contribution in [2.75, 3.05) is 7.05 Å². The standard InChI is InChI=1S/C9H17N3O/c1-7(2)12-9(13)6-8(10)4-5-11-3/h4-5,7H,6,10H2,1-3H3,(H,12,13)/b8-4-,11-5?. The lowest BCUT2D eigenvalue weighted by atomic mass is 10.2. The fraction of sp³-hybridized carbons (Fsp3) is 0.556. The van der Waals surface area contributed by atoms with Crippen LogP contribution in [0.5, 0.6) is 0 Å². The molecule has 0 fully saturated rings. The minimum Gasteiger partial charge on any atom is -0.402 e. The van der Waals surface area contributed by atoms with Crippen LogP contribution in [0.4, 0.5) is 0 Å². The molecule has 4 nitrogen and oxygen atoms in total. The first-order chi connectivity index (χ1) is 6.06. The lowest BCUT2D eigenvalue weighted by Crippen LogP contribution is -2.30. The monoisotopic (exact) mass is 183 g/mol. The van der Waals surface area contributed by atoms with Crippen molar-refractivity contribution in [2.24, 2.45) is 10.7 Å². The van der Waals surface area contributed by atoms with Crippen molar-refractivity contribution in [3.05, 3.63) is 11.8 Å². The fourth-order valence-corrected chi connectivity index (χ4v) is 0.788. The Bertz CT molecular complexity index is 219. The SMILES string of the molecule is CN=C/C=C(\N)CC(=O)NC(C)C. The van der Waals surface area contributed by atoms with Crippen LogP contribution >= 0.6 is 0 Å². The molecular weight excluding hydrogens is 166 g/mol. The second-order valence-corrected chi connectivity index (χ2v) is 3.05.